The van der Waals surface area contributed by atoms with Crippen LogP contribution in [0.3, 0.4) is 0 Å². The van der Waals surface area contributed by atoms with Crippen LogP contribution in [0.4, 0.5) is 0 Å². The summed E-state index contributed by atoms with van der Waals surface area (Å²) in [6.07, 6.45) is 0. The normalized spacial score (nSPS) is 16.8. The van der Waals surface area contributed by atoms with Crippen molar-refractivity contribution in [2.75, 3.05) is 38.6 Å². The van der Waals surface area contributed by atoms with Crippen LogP contribution in [0.2, 0.25) is 0 Å². The van der Waals surface area contributed by atoms with Crippen molar-refractivity contribution in [3.05, 3.63) is 35.9 Å². The van der Waals surface area contributed by atoms with E-state index in [1.165, 1.54) is 4.31 Å². The number of rotatable bonds is 5. The maximum Gasteiger partial charge on any atom is 0.251 e. The van der Waals surface area contributed by atoms with Gasteiger partial charge in [-0.25, -0.2) is 8.42 Å². The van der Waals surface area contributed by atoms with Gasteiger partial charge in [-0.05, 0) is 12.1 Å². The lowest BCUT2D eigenvalue weighted by Crippen LogP contribution is -2.43. The molecule has 0 unspecified atom stereocenters. The van der Waals surface area contributed by atoms with Gasteiger partial charge in [0.1, 0.15) is 0 Å². The van der Waals surface area contributed by atoms with Gasteiger partial charge in [0.05, 0.1) is 19.0 Å². The molecule has 7 heteroatoms. The van der Waals surface area contributed by atoms with Crippen molar-refractivity contribution in [1.29, 1.82) is 0 Å². The second-order valence-corrected chi connectivity index (χ2v) is 6.54. The minimum atomic E-state index is -3.32. The van der Waals surface area contributed by atoms with E-state index in [1.807, 2.05) is 6.07 Å². The molecular formula is C13H18N2O4S. The van der Waals surface area contributed by atoms with Crippen LogP contribution >= 0.6 is 0 Å². The summed E-state index contributed by atoms with van der Waals surface area (Å²) in [5, 5.41) is 2.62. The largest absolute Gasteiger partial charge is 0.379 e. The number of amides is 1. The fraction of sp³-hybridized carbons (Fsp3) is 0.462. The second kappa shape index (κ2) is 6.83. The van der Waals surface area contributed by atoms with Crippen molar-refractivity contribution in [2.24, 2.45) is 0 Å². The van der Waals surface area contributed by atoms with E-state index in [4.69, 9.17) is 4.74 Å². The summed E-state index contributed by atoms with van der Waals surface area (Å²) in [4.78, 5) is 11.8. The van der Waals surface area contributed by atoms with Gasteiger partial charge in [0.2, 0.25) is 10.0 Å². The maximum absolute atomic E-state index is 12.0. The first-order valence-electron chi connectivity index (χ1n) is 6.48. The Kier molecular flexibility index (Phi) is 5.11. The van der Waals surface area contributed by atoms with Gasteiger partial charge in [-0.15, -0.1) is 0 Å². The molecule has 1 aromatic rings. The average Bonchev–Trinajstić information content (AvgIpc) is 2.49. The molecule has 2 rings (SSSR count). The summed E-state index contributed by atoms with van der Waals surface area (Å²) >= 11 is 0. The third kappa shape index (κ3) is 4.03. The summed E-state index contributed by atoms with van der Waals surface area (Å²) in [5.74, 6) is -0.353. The summed E-state index contributed by atoms with van der Waals surface area (Å²) in [6, 6.07) is 8.72. The van der Waals surface area contributed by atoms with Crippen LogP contribution in [0.15, 0.2) is 30.3 Å². The first-order valence-corrected chi connectivity index (χ1v) is 8.09. The molecule has 0 bridgehead atoms. The number of hydrogen-bond acceptors (Lipinski definition) is 4. The molecule has 0 aliphatic carbocycles. The van der Waals surface area contributed by atoms with Gasteiger partial charge >= 0.3 is 0 Å². The van der Waals surface area contributed by atoms with Crippen LogP contribution in [0.5, 0.6) is 0 Å². The Balaban J connectivity index is 1.81. The van der Waals surface area contributed by atoms with Crippen molar-refractivity contribution in [3.8, 4) is 0 Å². The van der Waals surface area contributed by atoms with Crippen LogP contribution in [0, 0.1) is 0 Å². The first-order chi connectivity index (χ1) is 9.59. The Morgan fingerprint density at radius 2 is 1.85 bits per heavy atom. The van der Waals surface area contributed by atoms with E-state index in [2.05, 4.69) is 5.32 Å². The number of nitrogens with one attached hydrogen (secondary N) is 1. The zero-order valence-electron chi connectivity index (χ0n) is 11.1. The molecule has 0 saturated carbocycles. The molecule has 6 nitrogen and oxygen atoms in total. The third-order valence-corrected chi connectivity index (χ3v) is 4.92. The van der Waals surface area contributed by atoms with Crippen LogP contribution < -0.4 is 5.32 Å². The third-order valence-electron chi connectivity index (χ3n) is 3.04. The summed E-state index contributed by atoms with van der Waals surface area (Å²) < 4.78 is 30.6. The van der Waals surface area contributed by atoms with Crippen LogP contribution in [0.25, 0.3) is 0 Å². The van der Waals surface area contributed by atoms with Gasteiger partial charge in [-0.3, -0.25) is 4.79 Å². The number of sulfonamides is 1. The van der Waals surface area contributed by atoms with Crippen molar-refractivity contribution < 1.29 is 17.9 Å². The highest BCUT2D eigenvalue weighted by atomic mass is 32.2. The highest BCUT2D eigenvalue weighted by Crippen LogP contribution is 2.05. The number of nitrogens with zero attached hydrogens (tertiary/aromatic N) is 1. The fourth-order valence-corrected chi connectivity index (χ4v) is 3.26. The van der Waals surface area contributed by atoms with E-state index in [9.17, 15) is 13.2 Å². The average molecular weight is 298 g/mol. The lowest BCUT2D eigenvalue weighted by Gasteiger charge is -2.26. The first kappa shape index (κ1) is 15.0. The van der Waals surface area contributed by atoms with Gasteiger partial charge in [-0.2, -0.15) is 4.31 Å². The van der Waals surface area contributed by atoms with Gasteiger partial charge in [0, 0.05) is 25.2 Å². The molecule has 1 N–H and O–H groups in total. The van der Waals surface area contributed by atoms with Gasteiger partial charge in [0.15, 0.2) is 0 Å². The summed E-state index contributed by atoms with van der Waals surface area (Å²) in [6.45, 7) is 1.72. The highest BCUT2D eigenvalue weighted by Gasteiger charge is 2.23. The van der Waals surface area contributed by atoms with E-state index in [0.29, 0.717) is 31.9 Å². The number of ether oxygens (including phenoxy) is 1. The van der Waals surface area contributed by atoms with Crippen LogP contribution in [-0.4, -0.2) is 57.2 Å². The quantitative estimate of drug-likeness (QED) is 0.835. The van der Waals surface area contributed by atoms with E-state index in [1.54, 1.807) is 24.3 Å². The minimum absolute atomic E-state index is 0.0917. The smallest absolute Gasteiger partial charge is 0.251 e. The molecule has 0 spiro atoms. The molecule has 0 radical (unpaired) electrons. The van der Waals surface area contributed by atoms with Gasteiger partial charge in [-0.1, -0.05) is 18.2 Å². The zero-order valence-corrected chi connectivity index (χ0v) is 11.9. The molecule has 20 heavy (non-hydrogen) atoms. The molecule has 0 aromatic heterocycles. The van der Waals surface area contributed by atoms with Crippen LogP contribution in [-0.2, 0) is 14.8 Å². The van der Waals surface area contributed by atoms with Gasteiger partial charge < -0.3 is 10.1 Å². The Labute approximate surface area is 118 Å². The van der Waals surface area contributed by atoms with Crippen LogP contribution in [0.1, 0.15) is 10.4 Å². The minimum Gasteiger partial charge on any atom is -0.379 e. The number of carbonyl (C=O) groups is 1. The van der Waals surface area contributed by atoms with Gasteiger partial charge in [0.25, 0.3) is 5.91 Å². The fourth-order valence-electron chi connectivity index (χ4n) is 1.94. The Morgan fingerprint density at radius 3 is 2.50 bits per heavy atom. The maximum atomic E-state index is 12.0. The number of morpholine rings is 1. The Morgan fingerprint density at radius 1 is 1.20 bits per heavy atom. The zero-order chi connectivity index (χ0) is 14.4. The highest BCUT2D eigenvalue weighted by molar-refractivity contribution is 7.89. The standard InChI is InChI=1S/C13H18N2O4S/c16-13(12-4-2-1-3-5-12)14-6-11-20(17,18)15-7-9-19-10-8-15/h1-5H,6-11H2,(H,14,16). The monoisotopic (exact) mass is 298 g/mol. The predicted octanol–water partition coefficient (Wildman–Crippen LogP) is 0.0784. The van der Waals surface area contributed by atoms with Crippen molar-refractivity contribution in [3.63, 3.8) is 0 Å². The second-order valence-electron chi connectivity index (χ2n) is 4.45. The molecule has 1 aliphatic heterocycles. The van der Waals surface area contributed by atoms with Crippen molar-refractivity contribution in [2.45, 2.75) is 0 Å². The molecule has 1 fully saturated rings. The molecule has 0 atom stereocenters. The number of carbonyl (C=O) groups excluding carboxylic acids is 1. The van der Waals surface area contributed by atoms with E-state index >= 15 is 0 Å². The molecule has 1 aliphatic rings. The number of benzene rings is 1. The lowest BCUT2D eigenvalue weighted by molar-refractivity contribution is 0.0730. The van der Waals surface area contributed by atoms with E-state index < -0.39 is 10.0 Å². The molecule has 1 aromatic carbocycles. The van der Waals surface area contributed by atoms with Crippen molar-refractivity contribution in [1.82, 2.24) is 9.62 Å². The molecular weight excluding hydrogens is 280 g/mol. The molecule has 1 saturated heterocycles. The topological polar surface area (TPSA) is 75.7 Å². The summed E-state index contributed by atoms with van der Waals surface area (Å²) in [5.41, 5.74) is 0.524. The molecule has 110 valence electrons. The van der Waals surface area contributed by atoms with Crippen molar-refractivity contribution >= 4 is 15.9 Å². The molecule has 1 amide bonds. The summed E-state index contributed by atoms with van der Waals surface area (Å²) in [7, 11) is -3.32. The SMILES string of the molecule is O=C(NCCS(=O)(=O)N1CCOCC1)c1ccccc1. The number of hydrogen-bond donors (Lipinski definition) is 1. The predicted molar refractivity (Wildman–Crippen MR) is 75.0 cm³/mol. The van der Waals surface area contributed by atoms with E-state index in [0.717, 1.165) is 0 Å². The Bertz CT molecular complexity index is 539. The molecule has 1 heterocycles. The van der Waals surface area contributed by atoms with E-state index in [-0.39, 0.29) is 18.2 Å². The lowest BCUT2D eigenvalue weighted by atomic mass is 10.2. The Hall–Kier alpha value is -1.44.